The summed E-state index contributed by atoms with van der Waals surface area (Å²) in [4.78, 5) is 11.9. The van der Waals surface area contributed by atoms with Crippen LogP contribution in [0, 0.1) is 6.92 Å². The molecule has 0 spiro atoms. The third kappa shape index (κ3) is 4.06. The van der Waals surface area contributed by atoms with Gasteiger partial charge in [0.1, 0.15) is 5.75 Å². The molecule has 0 saturated carbocycles. The summed E-state index contributed by atoms with van der Waals surface area (Å²) in [5.41, 5.74) is 5.84. The molecule has 6 heteroatoms. The SMILES string of the molecule is Cc1ccccc1NC(=O)N/N=C/c1cccn1-c1ccc(O)cc1. The molecule has 0 radical (unpaired) electrons. The number of hydrazone groups is 1. The maximum Gasteiger partial charge on any atom is 0.339 e. The van der Waals surface area contributed by atoms with E-state index in [0.29, 0.717) is 0 Å². The molecule has 25 heavy (non-hydrogen) atoms. The number of nitrogens with zero attached hydrogens (tertiary/aromatic N) is 2. The second kappa shape index (κ2) is 7.35. The summed E-state index contributed by atoms with van der Waals surface area (Å²) in [5.74, 6) is 0.209. The monoisotopic (exact) mass is 334 g/mol. The summed E-state index contributed by atoms with van der Waals surface area (Å²) in [7, 11) is 0. The summed E-state index contributed by atoms with van der Waals surface area (Å²) in [5, 5.41) is 16.1. The fraction of sp³-hybridized carbons (Fsp3) is 0.0526. The number of hydrogen-bond donors (Lipinski definition) is 3. The molecule has 0 atom stereocenters. The van der Waals surface area contributed by atoms with Crippen LogP contribution in [0.2, 0.25) is 0 Å². The lowest BCUT2D eigenvalue weighted by Crippen LogP contribution is -2.24. The highest BCUT2D eigenvalue weighted by Crippen LogP contribution is 2.16. The van der Waals surface area contributed by atoms with Gasteiger partial charge in [-0.3, -0.25) is 0 Å². The van der Waals surface area contributed by atoms with Crippen molar-refractivity contribution in [2.75, 3.05) is 5.32 Å². The van der Waals surface area contributed by atoms with Crippen LogP contribution in [0.5, 0.6) is 5.75 Å². The number of aromatic nitrogens is 1. The summed E-state index contributed by atoms with van der Waals surface area (Å²) >= 11 is 0. The van der Waals surface area contributed by atoms with Crippen LogP contribution in [0.15, 0.2) is 72.0 Å². The van der Waals surface area contributed by atoms with Crippen LogP contribution in [0.25, 0.3) is 5.69 Å². The Hall–Kier alpha value is -3.54. The molecule has 0 aliphatic rings. The van der Waals surface area contributed by atoms with Crippen molar-refractivity contribution in [1.82, 2.24) is 9.99 Å². The van der Waals surface area contributed by atoms with Crippen LogP contribution in [-0.2, 0) is 0 Å². The standard InChI is InChI=1S/C19H18N4O2/c1-14-5-2-3-7-18(14)21-19(25)22-20-13-16-6-4-12-23(16)15-8-10-17(24)11-9-15/h2-13,24H,1H3,(H2,21,22,25)/b20-13+. The van der Waals surface area contributed by atoms with Gasteiger partial charge >= 0.3 is 6.03 Å². The summed E-state index contributed by atoms with van der Waals surface area (Å²) in [6, 6.07) is 17.7. The zero-order valence-corrected chi connectivity index (χ0v) is 13.7. The quantitative estimate of drug-likeness (QED) is 0.503. The summed E-state index contributed by atoms with van der Waals surface area (Å²) in [6.45, 7) is 1.92. The van der Waals surface area contributed by atoms with E-state index < -0.39 is 6.03 Å². The largest absolute Gasteiger partial charge is 0.508 e. The van der Waals surface area contributed by atoms with E-state index in [4.69, 9.17) is 0 Å². The fourth-order valence-corrected chi connectivity index (χ4v) is 2.37. The van der Waals surface area contributed by atoms with Gasteiger partial charge in [0.15, 0.2) is 0 Å². The maximum atomic E-state index is 11.9. The first-order chi connectivity index (χ1) is 12.1. The van der Waals surface area contributed by atoms with Gasteiger partial charge in [0, 0.05) is 17.6 Å². The van der Waals surface area contributed by atoms with E-state index in [1.54, 1.807) is 30.5 Å². The molecule has 0 bridgehead atoms. The van der Waals surface area contributed by atoms with Crippen molar-refractivity contribution < 1.29 is 9.90 Å². The number of carbonyl (C=O) groups excluding carboxylic acids is 1. The molecule has 0 aliphatic carbocycles. The number of aromatic hydroxyl groups is 1. The molecule has 2 amide bonds. The molecule has 1 heterocycles. The van der Waals surface area contributed by atoms with Gasteiger partial charge in [-0.1, -0.05) is 18.2 Å². The molecule has 3 N–H and O–H groups in total. The Morgan fingerprint density at radius 1 is 1.08 bits per heavy atom. The smallest absolute Gasteiger partial charge is 0.339 e. The van der Waals surface area contributed by atoms with E-state index in [-0.39, 0.29) is 5.75 Å². The predicted octanol–water partition coefficient (Wildman–Crippen LogP) is 3.65. The van der Waals surface area contributed by atoms with Crippen molar-refractivity contribution in [3.05, 3.63) is 78.1 Å². The number of hydrogen-bond acceptors (Lipinski definition) is 3. The van der Waals surface area contributed by atoms with Crippen LogP contribution in [0.3, 0.4) is 0 Å². The Kier molecular flexibility index (Phi) is 4.80. The van der Waals surface area contributed by atoms with Crippen LogP contribution in [0.1, 0.15) is 11.3 Å². The number of amides is 2. The Balaban J connectivity index is 1.65. The van der Waals surface area contributed by atoms with Crippen molar-refractivity contribution in [3.8, 4) is 11.4 Å². The molecule has 0 unspecified atom stereocenters. The molecular formula is C19H18N4O2. The molecule has 3 aromatic rings. The minimum Gasteiger partial charge on any atom is -0.508 e. The number of rotatable bonds is 4. The van der Waals surface area contributed by atoms with Crippen molar-refractivity contribution in [2.24, 2.45) is 5.10 Å². The zero-order valence-electron chi connectivity index (χ0n) is 13.7. The normalized spacial score (nSPS) is 10.8. The highest BCUT2D eigenvalue weighted by molar-refractivity contribution is 5.91. The minimum atomic E-state index is -0.409. The highest BCUT2D eigenvalue weighted by atomic mass is 16.3. The van der Waals surface area contributed by atoms with E-state index in [1.807, 2.05) is 54.1 Å². The lowest BCUT2D eigenvalue weighted by Gasteiger charge is -2.07. The average Bonchev–Trinajstić information content (AvgIpc) is 3.06. The van der Waals surface area contributed by atoms with E-state index >= 15 is 0 Å². The molecule has 0 saturated heterocycles. The van der Waals surface area contributed by atoms with Gasteiger partial charge in [-0.2, -0.15) is 5.10 Å². The van der Waals surface area contributed by atoms with E-state index in [9.17, 15) is 9.90 Å². The number of nitrogens with one attached hydrogen (secondary N) is 2. The van der Waals surface area contributed by atoms with Crippen molar-refractivity contribution in [1.29, 1.82) is 0 Å². The number of carbonyl (C=O) groups is 1. The zero-order chi connectivity index (χ0) is 17.6. The third-order valence-corrected chi connectivity index (χ3v) is 3.66. The maximum absolute atomic E-state index is 11.9. The first kappa shape index (κ1) is 16.3. The number of phenols is 1. The van der Waals surface area contributed by atoms with Gasteiger partial charge in [0.2, 0.25) is 0 Å². The van der Waals surface area contributed by atoms with Gasteiger partial charge in [0.05, 0.1) is 11.9 Å². The van der Waals surface area contributed by atoms with Crippen LogP contribution in [0.4, 0.5) is 10.5 Å². The number of para-hydroxylation sites is 1. The summed E-state index contributed by atoms with van der Waals surface area (Å²) in [6.07, 6.45) is 3.44. The van der Waals surface area contributed by atoms with E-state index in [2.05, 4.69) is 15.8 Å². The van der Waals surface area contributed by atoms with Gasteiger partial charge in [-0.15, -0.1) is 0 Å². The molecule has 6 nitrogen and oxygen atoms in total. The molecule has 3 rings (SSSR count). The molecule has 126 valence electrons. The highest BCUT2D eigenvalue weighted by Gasteiger charge is 2.03. The molecule has 0 fully saturated rings. The number of anilines is 1. The van der Waals surface area contributed by atoms with Crippen molar-refractivity contribution >= 4 is 17.9 Å². The lowest BCUT2D eigenvalue weighted by molar-refractivity contribution is 0.252. The first-order valence-corrected chi connectivity index (χ1v) is 7.76. The van der Waals surface area contributed by atoms with Crippen LogP contribution < -0.4 is 10.7 Å². The number of urea groups is 1. The van der Waals surface area contributed by atoms with E-state index in [0.717, 1.165) is 22.6 Å². The molecular weight excluding hydrogens is 316 g/mol. The first-order valence-electron chi connectivity index (χ1n) is 7.76. The number of aryl methyl sites for hydroxylation is 1. The lowest BCUT2D eigenvalue weighted by atomic mass is 10.2. The van der Waals surface area contributed by atoms with E-state index in [1.165, 1.54) is 0 Å². The summed E-state index contributed by atoms with van der Waals surface area (Å²) < 4.78 is 1.89. The van der Waals surface area contributed by atoms with Crippen molar-refractivity contribution in [3.63, 3.8) is 0 Å². The Bertz CT molecular complexity index is 898. The number of phenolic OH excluding ortho intramolecular Hbond substituents is 1. The van der Waals surface area contributed by atoms with Gasteiger partial charge in [-0.25, -0.2) is 10.2 Å². The average molecular weight is 334 g/mol. The Morgan fingerprint density at radius 3 is 2.60 bits per heavy atom. The Labute approximate surface area is 145 Å². The van der Waals surface area contributed by atoms with Gasteiger partial charge in [0.25, 0.3) is 0 Å². The second-order valence-electron chi connectivity index (χ2n) is 5.46. The van der Waals surface area contributed by atoms with Crippen LogP contribution >= 0.6 is 0 Å². The molecule has 1 aromatic heterocycles. The van der Waals surface area contributed by atoms with Crippen molar-refractivity contribution in [2.45, 2.75) is 6.92 Å². The van der Waals surface area contributed by atoms with Gasteiger partial charge < -0.3 is 15.0 Å². The minimum absolute atomic E-state index is 0.209. The predicted molar refractivity (Wildman–Crippen MR) is 98.4 cm³/mol. The third-order valence-electron chi connectivity index (χ3n) is 3.66. The number of benzene rings is 2. The van der Waals surface area contributed by atoms with Gasteiger partial charge in [-0.05, 0) is 55.0 Å². The Morgan fingerprint density at radius 2 is 1.84 bits per heavy atom. The topological polar surface area (TPSA) is 78.7 Å². The van der Waals surface area contributed by atoms with Crippen LogP contribution in [-0.4, -0.2) is 21.9 Å². The molecule has 0 aliphatic heterocycles. The second-order valence-corrected chi connectivity index (χ2v) is 5.46. The molecule has 2 aromatic carbocycles. The fourth-order valence-electron chi connectivity index (χ4n) is 2.37.